The molecule has 4 rings (SSSR count). The predicted octanol–water partition coefficient (Wildman–Crippen LogP) is 3.79. The highest BCUT2D eigenvalue weighted by Crippen LogP contribution is 2.48. The summed E-state index contributed by atoms with van der Waals surface area (Å²) in [5.41, 5.74) is 1.49. The highest BCUT2D eigenvalue weighted by Gasteiger charge is 2.53. The van der Waals surface area contributed by atoms with Crippen molar-refractivity contribution in [2.75, 3.05) is 6.54 Å². The molecule has 0 atom stereocenters. The van der Waals surface area contributed by atoms with Crippen molar-refractivity contribution in [3.8, 4) is 10.6 Å². The van der Waals surface area contributed by atoms with Crippen LogP contribution in [0, 0.1) is 0 Å². The SMILES string of the molecule is O=C(NCCc1ccccc1)C1(c2cc(-c3cccs3)on2)CC1. The minimum atomic E-state index is -0.490. The second kappa shape index (κ2) is 6.24. The van der Waals surface area contributed by atoms with Crippen LogP contribution in [0.15, 0.2) is 58.4 Å². The third kappa shape index (κ3) is 2.87. The van der Waals surface area contributed by atoms with E-state index in [4.69, 9.17) is 4.52 Å². The molecule has 1 saturated carbocycles. The summed E-state index contributed by atoms with van der Waals surface area (Å²) in [7, 11) is 0. The maximum Gasteiger partial charge on any atom is 0.232 e. The second-order valence-corrected chi connectivity index (χ2v) is 7.08. The largest absolute Gasteiger partial charge is 0.355 e. The van der Waals surface area contributed by atoms with Crippen molar-refractivity contribution < 1.29 is 9.32 Å². The van der Waals surface area contributed by atoms with Gasteiger partial charge in [0.1, 0.15) is 0 Å². The Kier molecular flexibility index (Phi) is 3.94. The molecule has 1 aliphatic rings. The zero-order chi connectivity index (χ0) is 16.4. The Morgan fingerprint density at radius 3 is 2.75 bits per heavy atom. The van der Waals surface area contributed by atoms with Gasteiger partial charge in [0.2, 0.25) is 5.91 Å². The normalized spacial score (nSPS) is 15.2. The summed E-state index contributed by atoms with van der Waals surface area (Å²) in [6.45, 7) is 0.639. The van der Waals surface area contributed by atoms with Gasteiger partial charge in [-0.2, -0.15) is 0 Å². The van der Waals surface area contributed by atoms with Crippen molar-refractivity contribution in [3.05, 3.63) is 65.2 Å². The molecule has 1 N–H and O–H groups in total. The van der Waals surface area contributed by atoms with Gasteiger partial charge in [-0.3, -0.25) is 4.79 Å². The van der Waals surface area contributed by atoms with Crippen LogP contribution in [0.5, 0.6) is 0 Å². The lowest BCUT2D eigenvalue weighted by molar-refractivity contribution is -0.123. The van der Waals surface area contributed by atoms with Crippen LogP contribution in [-0.2, 0) is 16.6 Å². The second-order valence-electron chi connectivity index (χ2n) is 6.13. The van der Waals surface area contributed by atoms with Gasteiger partial charge in [0.25, 0.3) is 0 Å². The average Bonchev–Trinajstić information content (AvgIpc) is 3.02. The number of hydrogen-bond donors (Lipinski definition) is 1. The van der Waals surface area contributed by atoms with Crippen molar-refractivity contribution in [3.63, 3.8) is 0 Å². The molecule has 1 fully saturated rings. The molecule has 4 nitrogen and oxygen atoms in total. The first-order chi connectivity index (χ1) is 11.8. The molecular formula is C19H18N2O2S. The Hall–Kier alpha value is -2.40. The standard InChI is InChI=1S/C19H18N2O2S/c22-18(20-11-8-14-5-2-1-3-6-14)19(9-10-19)17-13-15(23-21-17)16-7-4-12-24-16/h1-7,12-13H,8-11H2,(H,20,22). The number of amides is 1. The van der Waals surface area contributed by atoms with E-state index in [0.29, 0.717) is 6.54 Å². The van der Waals surface area contributed by atoms with Crippen molar-refractivity contribution in [2.24, 2.45) is 0 Å². The van der Waals surface area contributed by atoms with E-state index >= 15 is 0 Å². The van der Waals surface area contributed by atoms with E-state index in [1.807, 2.05) is 41.8 Å². The number of nitrogens with zero attached hydrogens (tertiary/aromatic N) is 1. The molecule has 0 radical (unpaired) electrons. The van der Waals surface area contributed by atoms with Gasteiger partial charge in [0.05, 0.1) is 16.0 Å². The van der Waals surface area contributed by atoms with Gasteiger partial charge in [-0.05, 0) is 36.3 Å². The van der Waals surface area contributed by atoms with Crippen LogP contribution in [0.3, 0.4) is 0 Å². The molecule has 0 unspecified atom stereocenters. The topological polar surface area (TPSA) is 55.1 Å². The van der Waals surface area contributed by atoms with Crippen LogP contribution in [0.4, 0.5) is 0 Å². The predicted molar refractivity (Wildman–Crippen MR) is 93.9 cm³/mol. The van der Waals surface area contributed by atoms with E-state index < -0.39 is 5.41 Å². The van der Waals surface area contributed by atoms with Gasteiger partial charge in [0.15, 0.2) is 5.76 Å². The summed E-state index contributed by atoms with van der Waals surface area (Å²) in [4.78, 5) is 13.7. The average molecular weight is 338 g/mol. The Morgan fingerprint density at radius 2 is 2.04 bits per heavy atom. The summed E-state index contributed by atoms with van der Waals surface area (Å²) >= 11 is 1.61. The van der Waals surface area contributed by atoms with Crippen molar-refractivity contribution >= 4 is 17.2 Å². The van der Waals surface area contributed by atoms with Crippen molar-refractivity contribution in [1.82, 2.24) is 10.5 Å². The maximum atomic E-state index is 12.6. The van der Waals surface area contributed by atoms with E-state index in [-0.39, 0.29) is 5.91 Å². The van der Waals surface area contributed by atoms with E-state index in [9.17, 15) is 4.79 Å². The lowest BCUT2D eigenvalue weighted by Gasteiger charge is -2.12. The van der Waals surface area contributed by atoms with Gasteiger partial charge in [0, 0.05) is 12.6 Å². The molecule has 0 saturated heterocycles. The van der Waals surface area contributed by atoms with Crippen LogP contribution >= 0.6 is 11.3 Å². The Balaban J connectivity index is 1.41. The summed E-state index contributed by atoms with van der Waals surface area (Å²) < 4.78 is 5.44. The third-order valence-electron chi connectivity index (χ3n) is 4.49. The smallest absolute Gasteiger partial charge is 0.232 e. The number of rotatable bonds is 6. The number of nitrogens with one attached hydrogen (secondary N) is 1. The quantitative estimate of drug-likeness (QED) is 0.744. The van der Waals surface area contributed by atoms with Gasteiger partial charge in [-0.15, -0.1) is 11.3 Å². The third-order valence-corrected chi connectivity index (χ3v) is 5.38. The lowest BCUT2D eigenvalue weighted by Crippen LogP contribution is -2.36. The van der Waals surface area contributed by atoms with Gasteiger partial charge < -0.3 is 9.84 Å². The van der Waals surface area contributed by atoms with E-state index in [2.05, 4.69) is 22.6 Å². The molecule has 5 heteroatoms. The highest BCUT2D eigenvalue weighted by molar-refractivity contribution is 7.13. The minimum Gasteiger partial charge on any atom is -0.355 e. The molecule has 3 aromatic rings. The summed E-state index contributed by atoms with van der Waals surface area (Å²) in [5.74, 6) is 0.799. The van der Waals surface area contributed by atoms with Gasteiger partial charge in [-0.1, -0.05) is 41.6 Å². The molecular weight excluding hydrogens is 320 g/mol. The summed E-state index contributed by atoms with van der Waals surface area (Å²) in [5, 5.41) is 9.22. The Morgan fingerprint density at radius 1 is 1.21 bits per heavy atom. The monoisotopic (exact) mass is 338 g/mol. The Labute approximate surface area is 144 Å². The fraction of sp³-hybridized carbons (Fsp3) is 0.263. The molecule has 0 aliphatic heterocycles. The molecule has 0 spiro atoms. The number of benzene rings is 1. The van der Waals surface area contributed by atoms with Crippen molar-refractivity contribution in [1.29, 1.82) is 0 Å². The highest BCUT2D eigenvalue weighted by atomic mass is 32.1. The fourth-order valence-corrected chi connectivity index (χ4v) is 3.57. The molecule has 2 aromatic heterocycles. The van der Waals surface area contributed by atoms with E-state index in [1.165, 1.54) is 5.56 Å². The summed E-state index contributed by atoms with van der Waals surface area (Å²) in [6, 6.07) is 16.1. The molecule has 2 heterocycles. The Bertz CT molecular complexity index is 820. The number of thiophene rings is 1. The first-order valence-electron chi connectivity index (χ1n) is 8.11. The number of hydrogen-bond acceptors (Lipinski definition) is 4. The summed E-state index contributed by atoms with van der Waals surface area (Å²) in [6.07, 6.45) is 2.50. The van der Waals surface area contributed by atoms with Gasteiger partial charge >= 0.3 is 0 Å². The van der Waals surface area contributed by atoms with Crippen LogP contribution in [0.2, 0.25) is 0 Å². The number of carbonyl (C=O) groups is 1. The van der Waals surface area contributed by atoms with Crippen LogP contribution in [0.1, 0.15) is 24.1 Å². The van der Waals surface area contributed by atoms with Crippen LogP contribution in [-0.4, -0.2) is 17.6 Å². The van der Waals surface area contributed by atoms with Crippen LogP contribution in [0.25, 0.3) is 10.6 Å². The number of carbonyl (C=O) groups excluding carboxylic acids is 1. The molecule has 122 valence electrons. The first kappa shape index (κ1) is 15.1. The molecule has 24 heavy (non-hydrogen) atoms. The molecule has 0 bridgehead atoms. The van der Waals surface area contributed by atoms with Gasteiger partial charge in [-0.25, -0.2) is 0 Å². The van der Waals surface area contributed by atoms with Crippen molar-refractivity contribution in [2.45, 2.75) is 24.7 Å². The molecule has 1 amide bonds. The fourth-order valence-electron chi connectivity index (χ4n) is 2.89. The lowest BCUT2D eigenvalue weighted by atomic mass is 10.0. The van der Waals surface area contributed by atoms with E-state index in [0.717, 1.165) is 35.6 Å². The minimum absolute atomic E-state index is 0.0597. The molecule has 1 aromatic carbocycles. The first-order valence-corrected chi connectivity index (χ1v) is 8.99. The van der Waals surface area contributed by atoms with E-state index in [1.54, 1.807) is 11.3 Å². The van der Waals surface area contributed by atoms with Crippen LogP contribution < -0.4 is 5.32 Å². The zero-order valence-electron chi connectivity index (χ0n) is 13.2. The zero-order valence-corrected chi connectivity index (χ0v) is 14.0. The maximum absolute atomic E-state index is 12.6. The number of aromatic nitrogens is 1. The molecule has 1 aliphatic carbocycles.